The second-order valence-electron chi connectivity index (χ2n) is 8.23. The van der Waals surface area contributed by atoms with Crippen LogP contribution in [-0.2, 0) is 11.3 Å². The Morgan fingerprint density at radius 3 is 2.26 bits per heavy atom. The average Bonchev–Trinajstić information content (AvgIpc) is 3.15. The summed E-state index contributed by atoms with van der Waals surface area (Å²) in [5.41, 5.74) is 4.91. The van der Waals surface area contributed by atoms with Crippen molar-refractivity contribution in [1.82, 2.24) is 4.57 Å². The maximum atomic E-state index is 10.7. The third kappa shape index (κ3) is 3.84. The normalized spacial score (nSPS) is 26.4. The number of aromatic nitrogens is 1. The maximum Gasteiger partial charge on any atom is 0.118 e. The van der Waals surface area contributed by atoms with Gasteiger partial charge in [-0.3, -0.25) is 0 Å². The SMILES string of the molecule is COc1ccc(Cn2cc([C@@H]3O[C@H](CO)[C@@H](O)[C@H](O)[C@H]3O)c3c(C)ccc(C)c32)cc1. The van der Waals surface area contributed by atoms with Crippen LogP contribution >= 0.6 is 0 Å². The van der Waals surface area contributed by atoms with Crippen LogP contribution in [0.1, 0.15) is 28.4 Å². The first kappa shape index (κ1) is 21.8. The number of aliphatic hydroxyl groups excluding tert-OH is 4. The van der Waals surface area contributed by atoms with Gasteiger partial charge < -0.3 is 34.5 Å². The first-order chi connectivity index (χ1) is 14.8. The Bertz CT molecular complexity index is 1060. The van der Waals surface area contributed by atoms with Gasteiger partial charge in [0.15, 0.2) is 0 Å². The van der Waals surface area contributed by atoms with Crippen LogP contribution in [0.25, 0.3) is 10.9 Å². The van der Waals surface area contributed by atoms with Crippen LogP contribution in [0.5, 0.6) is 5.75 Å². The second kappa shape index (κ2) is 8.61. The topological polar surface area (TPSA) is 104 Å². The zero-order valence-corrected chi connectivity index (χ0v) is 17.9. The summed E-state index contributed by atoms with van der Waals surface area (Å²) in [5.74, 6) is 0.787. The smallest absolute Gasteiger partial charge is 0.118 e. The van der Waals surface area contributed by atoms with Crippen molar-refractivity contribution in [3.8, 4) is 5.75 Å². The Hall–Kier alpha value is -2.42. The van der Waals surface area contributed by atoms with Crippen molar-refractivity contribution in [2.75, 3.05) is 13.7 Å². The minimum Gasteiger partial charge on any atom is -0.497 e. The molecular weight excluding hydrogens is 398 g/mol. The number of aryl methyl sites for hydroxylation is 2. The van der Waals surface area contributed by atoms with E-state index in [1.807, 2.05) is 50.4 Å². The standard InChI is InChI=1S/C24H29NO6/c1-13-4-5-14(2)20-19(13)17(24-23(29)22(28)21(27)18(12-26)31-24)11-25(20)10-15-6-8-16(30-3)9-7-15/h4-9,11,18,21-24,26-29H,10,12H2,1-3H3/t18-,21-,22+,23-,24+/m1/s1. The molecule has 3 aromatic rings. The Labute approximate surface area is 181 Å². The molecule has 0 bridgehead atoms. The van der Waals surface area contributed by atoms with E-state index in [0.29, 0.717) is 6.54 Å². The molecule has 166 valence electrons. The molecule has 0 spiro atoms. The molecule has 4 rings (SSSR count). The fourth-order valence-electron chi connectivity index (χ4n) is 4.45. The van der Waals surface area contributed by atoms with Crippen LogP contribution in [0, 0.1) is 13.8 Å². The Morgan fingerprint density at radius 2 is 1.61 bits per heavy atom. The van der Waals surface area contributed by atoms with Crippen LogP contribution in [-0.4, -0.2) is 63.1 Å². The first-order valence-corrected chi connectivity index (χ1v) is 10.4. The van der Waals surface area contributed by atoms with Crippen molar-refractivity contribution in [3.05, 3.63) is 64.8 Å². The first-order valence-electron chi connectivity index (χ1n) is 10.4. The molecule has 31 heavy (non-hydrogen) atoms. The van der Waals surface area contributed by atoms with E-state index in [-0.39, 0.29) is 0 Å². The lowest BCUT2D eigenvalue weighted by molar-refractivity contribution is -0.231. The Morgan fingerprint density at radius 1 is 0.935 bits per heavy atom. The van der Waals surface area contributed by atoms with E-state index in [4.69, 9.17) is 9.47 Å². The zero-order valence-electron chi connectivity index (χ0n) is 17.9. The molecule has 5 atom stereocenters. The van der Waals surface area contributed by atoms with E-state index in [2.05, 4.69) is 10.6 Å². The van der Waals surface area contributed by atoms with E-state index in [1.54, 1.807) is 7.11 Å². The molecule has 2 heterocycles. The van der Waals surface area contributed by atoms with Crippen molar-refractivity contribution in [3.63, 3.8) is 0 Å². The molecule has 4 N–H and O–H groups in total. The second-order valence-corrected chi connectivity index (χ2v) is 8.23. The van der Waals surface area contributed by atoms with Gasteiger partial charge in [0.25, 0.3) is 0 Å². The van der Waals surface area contributed by atoms with Crippen LogP contribution in [0.4, 0.5) is 0 Å². The number of ether oxygens (including phenoxy) is 2. The summed E-state index contributed by atoms with van der Waals surface area (Å²) >= 11 is 0. The maximum absolute atomic E-state index is 10.7. The summed E-state index contributed by atoms with van der Waals surface area (Å²) < 4.78 is 13.2. The van der Waals surface area contributed by atoms with Gasteiger partial charge in [0.1, 0.15) is 36.3 Å². The molecule has 1 aromatic heterocycles. The van der Waals surface area contributed by atoms with Gasteiger partial charge in [0.05, 0.1) is 19.2 Å². The van der Waals surface area contributed by atoms with E-state index < -0.39 is 37.1 Å². The van der Waals surface area contributed by atoms with Gasteiger partial charge in [0.2, 0.25) is 0 Å². The summed E-state index contributed by atoms with van der Waals surface area (Å²) in [6.07, 6.45) is -4.02. The highest BCUT2D eigenvalue weighted by molar-refractivity contribution is 5.90. The van der Waals surface area contributed by atoms with Crippen molar-refractivity contribution < 1.29 is 29.9 Å². The highest BCUT2D eigenvalue weighted by Crippen LogP contribution is 2.39. The molecule has 0 radical (unpaired) electrons. The Balaban J connectivity index is 1.81. The molecular formula is C24H29NO6. The summed E-state index contributed by atoms with van der Waals surface area (Å²) in [4.78, 5) is 0. The van der Waals surface area contributed by atoms with E-state index >= 15 is 0 Å². The number of aliphatic hydroxyl groups is 4. The molecule has 1 fully saturated rings. The van der Waals surface area contributed by atoms with Crippen LogP contribution in [0.15, 0.2) is 42.6 Å². The van der Waals surface area contributed by atoms with Crippen molar-refractivity contribution in [1.29, 1.82) is 0 Å². The summed E-state index contributed by atoms with van der Waals surface area (Å²) in [6, 6.07) is 11.9. The largest absolute Gasteiger partial charge is 0.497 e. The number of rotatable bonds is 5. The van der Waals surface area contributed by atoms with Gasteiger partial charge >= 0.3 is 0 Å². The molecule has 7 heteroatoms. The van der Waals surface area contributed by atoms with Gasteiger partial charge in [-0.05, 0) is 42.7 Å². The Kier molecular flexibility index (Phi) is 6.05. The van der Waals surface area contributed by atoms with E-state index in [0.717, 1.165) is 38.9 Å². The molecule has 0 aliphatic carbocycles. The summed E-state index contributed by atoms with van der Waals surface area (Å²) in [7, 11) is 1.63. The van der Waals surface area contributed by atoms with Gasteiger partial charge in [-0.15, -0.1) is 0 Å². The number of hydrogen-bond acceptors (Lipinski definition) is 6. The molecule has 1 aliphatic rings. The average molecular weight is 427 g/mol. The fourth-order valence-corrected chi connectivity index (χ4v) is 4.45. The highest BCUT2D eigenvalue weighted by Gasteiger charge is 2.45. The molecule has 2 aromatic carbocycles. The van der Waals surface area contributed by atoms with E-state index in [1.165, 1.54) is 0 Å². The monoisotopic (exact) mass is 427 g/mol. The quantitative estimate of drug-likeness (QED) is 0.495. The molecule has 0 unspecified atom stereocenters. The van der Waals surface area contributed by atoms with E-state index in [9.17, 15) is 20.4 Å². The third-order valence-corrected chi connectivity index (χ3v) is 6.17. The van der Waals surface area contributed by atoms with Gasteiger partial charge in [-0.2, -0.15) is 0 Å². The summed E-state index contributed by atoms with van der Waals surface area (Å²) in [5, 5.41) is 41.7. The number of hydrogen-bond donors (Lipinski definition) is 4. The predicted molar refractivity (Wildman–Crippen MR) is 116 cm³/mol. The molecule has 1 aliphatic heterocycles. The minimum atomic E-state index is -1.42. The van der Waals surface area contributed by atoms with Crippen LogP contribution in [0.3, 0.4) is 0 Å². The molecule has 1 saturated heterocycles. The van der Waals surface area contributed by atoms with Gasteiger partial charge in [0, 0.05) is 23.7 Å². The van der Waals surface area contributed by atoms with Crippen molar-refractivity contribution in [2.45, 2.75) is 50.9 Å². The summed E-state index contributed by atoms with van der Waals surface area (Å²) in [6.45, 7) is 4.17. The lowest BCUT2D eigenvalue weighted by Crippen LogP contribution is -2.55. The highest BCUT2D eigenvalue weighted by atomic mass is 16.5. The fraction of sp³-hybridized carbons (Fsp3) is 0.417. The minimum absolute atomic E-state index is 0.454. The molecule has 7 nitrogen and oxygen atoms in total. The molecule has 0 amide bonds. The number of fused-ring (bicyclic) bond motifs is 1. The number of benzene rings is 2. The molecule has 0 saturated carbocycles. The zero-order chi connectivity index (χ0) is 22.3. The third-order valence-electron chi connectivity index (χ3n) is 6.17. The number of methoxy groups -OCH3 is 1. The van der Waals surface area contributed by atoms with Gasteiger partial charge in [-0.1, -0.05) is 24.3 Å². The lowest BCUT2D eigenvalue weighted by atomic mass is 9.90. The number of nitrogens with zero attached hydrogens (tertiary/aromatic N) is 1. The van der Waals surface area contributed by atoms with Crippen LogP contribution in [0.2, 0.25) is 0 Å². The lowest BCUT2D eigenvalue weighted by Gasteiger charge is -2.40. The van der Waals surface area contributed by atoms with Gasteiger partial charge in [-0.25, -0.2) is 0 Å². The van der Waals surface area contributed by atoms with Crippen LogP contribution < -0.4 is 4.74 Å². The van der Waals surface area contributed by atoms with Crippen molar-refractivity contribution in [2.24, 2.45) is 0 Å². The van der Waals surface area contributed by atoms with Crippen molar-refractivity contribution >= 4 is 10.9 Å². The predicted octanol–water partition coefficient (Wildman–Crippen LogP) is 1.83.